The summed E-state index contributed by atoms with van der Waals surface area (Å²) in [5.74, 6) is 0. The van der Waals surface area contributed by atoms with Crippen LogP contribution in [0.15, 0.2) is 37.4 Å². The summed E-state index contributed by atoms with van der Waals surface area (Å²) < 4.78 is 124. The molecular weight excluding hydrogens is 546 g/mol. The Morgan fingerprint density at radius 2 is 1.25 bits per heavy atom. The number of nitrogens with one attached hydrogen (secondary N) is 1. The first-order valence-corrected chi connectivity index (χ1v) is 13.1. The zero-order chi connectivity index (χ0) is 28.6. The molecule has 2 rings (SSSR count). The SMILES string of the molecule is CCCCCCCCn1cc[n+](C)c1.C[n+]1cc[nH]c1.O=S(=O)([O-])C(F)(F)F.O=S(=O)([O-])C(F)(F)F. The highest BCUT2D eigenvalue weighted by molar-refractivity contribution is 7.86. The van der Waals surface area contributed by atoms with Gasteiger partial charge in [-0.25, -0.2) is 30.5 Å². The summed E-state index contributed by atoms with van der Waals surface area (Å²) in [7, 11) is -8.14. The van der Waals surface area contributed by atoms with Crippen molar-refractivity contribution in [2.75, 3.05) is 0 Å². The van der Waals surface area contributed by atoms with Gasteiger partial charge in [0.1, 0.15) is 24.8 Å². The van der Waals surface area contributed by atoms with Crippen molar-refractivity contribution in [2.24, 2.45) is 14.1 Å². The number of aromatic amines is 1. The van der Waals surface area contributed by atoms with Crippen LogP contribution in [0.1, 0.15) is 45.4 Å². The van der Waals surface area contributed by atoms with Gasteiger partial charge >= 0.3 is 11.0 Å². The quantitative estimate of drug-likeness (QED) is 0.177. The fourth-order valence-corrected chi connectivity index (χ4v) is 2.07. The van der Waals surface area contributed by atoms with Gasteiger partial charge in [-0.1, -0.05) is 32.6 Å². The van der Waals surface area contributed by atoms with Gasteiger partial charge in [-0.05, 0) is 12.8 Å². The van der Waals surface area contributed by atoms with E-state index in [1.165, 1.54) is 45.1 Å². The number of alkyl halides is 6. The first-order valence-electron chi connectivity index (χ1n) is 10.3. The lowest BCUT2D eigenvalue weighted by atomic mass is 10.1. The number of aromatic nitrogens is 4. The Morgan fingerprint density at radius 3 is 1.53 bits per heavy atom. The van der Waals surface area contributed by atoms with Crippen LogP contribution in [0.2, 0.25) is 0 Å². The fourth-order valence-electron chi connectivity index (χ4n) is 2.07. The van der Waals surface area contributed by atoms with E-state index in [0.29, 0.717) is 0 Å². The second-order valence-corrected chi connectivity index (χ2v) is 9.90. The minimum atomic E-state index is -6.09. The normalized spacial score (nSPS) is 11.9. The van der Waals surface area contributed by atoms with Crippen LogP contribution in [0.5, 0.6) is 0 Å². The Morgan fingerprint density at radius 1 is 0.806 bits per heavy atom. The van der Waals surface area contributed by atoms with Gasteiger partial charge in [0.15, 0.2) is 20.2 Å². The third kappa shape index (κ3) is 19.1. The summed E-state index contributed by atoms with van der Waals surface area (Å²) in [4.78, 5) is 2.89. The monoisotopic (exact) mass is 576 g/mol. The van der Waals surface area contributed by atoms with E-state index in [1.54, 1.807) is 0 Å². The molecule has 10 nitrogen and oxygen atoms in total. The molecule has 0 spiro atoms. The number of nitrogens with zero attached hydrogens (tertiary/aromatic N) is 3. The summed E-state index contributed by atoms with van der Waals surface area (Å²) >= 11 is 0. The summed E-state index contributed by atoms with van der Waals surface area (Å²) in [5, 5.41) is 0. The van der Waals surface area contributed by atoms with E-state index in [9.17, 15) is 26.3 Å². The second kappa shape index (κ2) is 16.5. The number of imidazole rings is 2. The van der Waals surface area contributed by atoms with Gasteiger partial charge in [0.05, 0.1) is 20.6 Å². The van der Waals surface area contributed by atoms with Crippen LogP contribution in [0.4, 0.5) is 26.3 Å². The molecule has 2 aromatic heterocycles. The molecule has 0 amide bonds. The van der Waals surface area contributed by atoms with Gasteiger partial charge < -0.3 is 9.11 Å². The van der Waals surface area contributed by atoms with E-state index in [4.69, 9.17) is 25.9 Å². The minimum absolute atomic E-state index is 1.17. The van der Waals surface area contributed by atoms with Crippen molar-refractivity contribution < 1.29 is 61.4 Å². The molecule has 0 saturated heterocycles. The first kappa shape index (κ1) is 36.0. The standard InChI is InChI=1S/C12H23N2.C4H6N2.2CHF3O3S/c1-3-4-5-6-7-8-9-14-11-10-13(2)12-14;1-6-3-2-5-4-6;2*2-1(3,4)8(5,6)7/h10-12H,3-9H2,1-2H3;2-4H,1H3;2*(H,5,6,7)/q+1;;;/p-1. The van der Waals surface area contributed by atoms with E-state index in [-0.39, 0.29) is 0 Å². The van der Waals surface area contributed by atoms with Crippen LogP contribution >= 0.6 is 0 Å². The van der Waals surface area contributed by atoms with Crippen molar-refractivity contribution >= 4 is 20.2 Å². The van der Waals surface area contributed by atoms with E-state index < -0.39 is 31.3 Å². The molecule has 0 radical (unpaired) electrons. The van der Waals surface area contributed by atoms with Crippen LogP contribution in [0.3, 0.4) is 0 Å². The summed E-state index contributed by atoms with van der Waals surface area (Å²) in [6, 6.07) is 0. The summed E-state index contributed by atoms with van der Waals surface area (Å²) in [5.41, 5.74) is -11.3. The van der Waals surface area contributed by atoms with Crippen molar-refractivity contribution in [3.63, 3.8) is 0 Å². The summed E-state index contributed by atoms with van der Waals surface area (Å²) in [6.07, 6.45) is 20.3. The highest BCUT2D eigenvalue weighted by Crippen LogP contribution is 2.21. The number of hydrogen-bond donors (Lipinski definition) is 1. The smallest absolute Gasteiger partial charge is 0.485 e. The van der Waals surface area contributed by atoms with Crippen LogP contribution < -0.4 is 9.13 Å². The molecule has 0 saturated carbocycles. The molecule has 1 N–H and O–H groups in total. The second-order valence-electron chi connectivity index (χ2n) is 7.16. The zero-order valence-electron chi connectivity index (χ0n) is 19.8. The maximum atomic E-state index is 10.7. The molecule has 0 unspecified atom stereocenters. The third-order valence-electron chi connectivity index (χ3n) is 3.84. The van der Waals surface area contributed by atoms with Crippen LogP contribution in [0.25, 0.3) is 0 Å². The van der Waals surface area contributed by atoms with Crippen molar-refractivity contribution in [2.45, 2.75) is 63.0 Å². The van der Waals surface area contributed by atoms with Crippen LogP contribution in [-0.2, 0) is 40.9 Å². The van der Waals surface area contributed by atoms with E-state index >= 15 is 0 Å². The van der Waals surface area contributed by atoms with Gasteiger partial charge in [0, 0.05) is 0 Å². The lowest BCUT2D eigenvalue weighted by Crippen LogP contribution is -2.23. The minimum Gasteiger partial charge on any atom is -0.741 e. The van der Waals surface area contributed by atoms with Crippen LogP contribution in [-0.4, -0.2) is 46.5 Å². The maximum absolute atomic E-state index is 10.7. The summed E-state index contributed by atoms with van der Waals surface area (Å²) in [6.45, 7) is 3.44. The Labute approximate surface area is 206 Å². The third-order valence-corrected chi connectivity index (χ3v) is 4.98. The van der Waals surface area contributed by atoms with Crippen molar-refractivity contribution in [1.29, 1.82) is 0 Å². The fraction of sp³-hybridized carbons (Fsp3) is 0.667. The van der Waals surface area contributed by atoms with E-state index in [2.05, 4.69) is 46.8 Å². The largest absolute Gasteiger partial charge is 0.741 e. The molecule has 0 aliphatic rings. The molecule has 212 valence electrons. The van der Waals surface area contributed by atoms with E-state index in [1.807, 2.05) is 30.3 Å². The number of rotatable bonds is 7. The predicted octanol–water partition coefficient (Wildman–Crippen LogP) is 2.62. The van der Waals surface area contributed by atoms with Gasteiger partial charge in [-0.15, -0.1) is 0 Å². The van der Waals surface area contributed by atoms with Crippen molar-refractivity contribution in [3.8, 4) is 0 Å². The molecule has 2 heterocycles. The molecule has 2 aromatic rings. The zero-order valence-corrected chi connectivity index (χ0v) is 21.4. The number of hydrogen-bond acceptors (Lipinski definition) is 6. The van der Waals surface area contributed by atoms with Crippen molar-refractivity contribution in [3.05, 3.63) is 37.4 Å². The van der Waals surface area contributed by atoms with Gasteiger partial charge in [-0.2, -0.15) is 26.3 Å². The topological polar surface area (TPSA) is 143 Å². The molecule has 18 heteroatoms. The van der Waals surface area contributed by atoms with Gasteiger partial charge in [-0.3, -0.25) is 4.98 Å². The molecule has 0 aliphatic heterocycles. The molecule has 0 bridgehead atoms. The lowest BCUT2D eigenvalue weighted by molar-refractivity contribution is -0.671. The number of H-pyrrole nitrogens is 1. The molecule has 0 atom stereocenters. The average molecular weight is 577 g/mol. The highest BCUT2D eigenvalue weighted by Gasteiger charge is 2.37. The Balaban J connectivity index is 0. The maximum Gasteiger partial charge on any atom is 0.485 e. The molecule has 36 heavy (non-hydrogen) atoms. The Bertz CT molecular complexity index is 995. The first-order chi connectivity index (χ1) is 16.2. The van der Waals surface area contributed by atoms with Gasteiger partial charge in [0.2, 0.25) is 12.7 Å². The number of aryl methyl sites for hydroxylation is 3. The Hall–Kier alpha value is -2.18. The number of halogens is 6. The van der Waals surface area contributed by atoms with E-state index in [0.717, 1.165) is 0 Å². The lowest BCUT2D eigenvalue weighted by Gasteiger charge is -2.08. The molecule has 0 aliphatic carbocycles. The average Bonchev–Trinajstić information content (AvgIpc) is 3.34. The van der Waals surface area contributed by atoms with Crippen LogP contribution in [0, 0.1) is 0 Å². The number of unbranched alkanes of at least 4 members (excludes halogenated alkanes) is 5. The van der Waals surface area contributed by atoms with Crippen molar-refractivity contribution in [1.82, 2.24) is 9.55 Å². The highest BCUT2D eigenvalue weighted by atomic mass is 32.2. The predicted molar refractivity (Wildman–Crippen MR) is 112 cm³/mol. The molecule has 0 aromatic carbocycles. The Kier molecular flexibility index (Phi) is 16.5. The molecule has 0 fully saturated rings. The molecular formula is C18H30F6N4O6S2. The van der Waals surface area contributed by atoms with Gasteiger partial charge in [0.25, 0.3) is 0 Å².